The number of nitrogens with zero attached hydrogens (tertiary/aromatic N) is 1. The number of unbranched alkanes of at least 4 members (excludes halogenated alkanes) is 2. The van der Waals surface area contributed by atoms with Crippen LogP contribution in [0.1, 0.15) is 52.0 Å². The number of hydrogen-bond donors (Lipinski definition) is 0. The molecule has 108 valence electrons. The van der Waals surface area contributed by atoms with Gasteiger partial charge in [-0.25, -0.2) is 0 Å². The monoisotopic (exact) mass is 273 g/mol. The van der Waals surface area contributed by atoms with Crippen molar-refractivity contribution in [2.24, 2.45) is 4.99 Å². The van der Waals surface area contributed by atoms with Crippen molar-refractivity contribution in [3.63, 3.8) is 0 Å². The van der Waals surface area contributed by atoms with E-state index < -0.39 is 0 Å². The zero-order valence-electron chi connectivity index (χ0n) is 12.6. The Balaban J connectivity index is 1.86. The first kappa shape index (κ1) is 14.8. The van der Waals surface area contributed by atoms with E-state index in [-0.39, 0.29) is 11.4 Å². The van der Waals surface area contributed by atoms with Gasteiger partial charge in [0.2, 0.25) is 0 Å². The number of carbonyl (C=O) groups is 1. The summed E-state index contributed by atoms with van der Waals surface area (Å²) in [7, 11) is 0. The summed E-state index contributed by atoms with van der Waals surface area (Å²) in [6.45, 7) is 6.40. The predicted molar refractivity (Wildman–Crippen MR) is 81.7 cm³/mol. The molecule has 0 N–H and O–H groups in total. The highest BCUT2D eigenvalue weighted by Crippen LogP contribution is 2.42. The quantitative estimate of drug-likeness (QED) is 0.576. The fourth-order valence-electron chi connectivity index (χ4n) is 2.83. The molecule has 3 nitrogen and oxygen atoms in total. The van der Waals surface area contributed by atoms with E-state index in [1.165, 1.54) is 18.2 Å². The lowest BCUT2D eigenvalue weighted by molar-refractivity contribution is -0.141. The Bertz CT molecular complexity index is 521. The van der Waals surface area contributed by atoms with Crippen LogP contribution in [0.3, 0.4) is 0 Å². The standard InChI is InChI=1S/C17H23NO2/c1-13-17(3,11-7-4-8-12-20-14(2)19)15-9-5-6-10-16(15)18-13/h5-6,9-10H,4,7-8,11-12H2,1-3H3. The van der Waals surface area contributed by atoms with Gasteiger partial charge < -0.3 is 4.74 Å². The third-order valence-electron chi connectivity index (χ3n) is 4.21. The van der Waals surface area contributed by atoms with E-state index in [1.807, 2.05) is 6.07 Å². The number of esters is 1. The van der Waals surface area contributed by atoms with Crippen LogP contribution < -0.4 is 0 Å². The fraction of sp³-hybridized carbons (Fsp3) is 0.529. The van der Waals surface area contributed by atoms with Crippen LogP contribution in [0.15, 0.2) is 29.3 Å². The van der Waals surface area contributed by atoms with Crippen molar-refractivity contribution in [1.29, 1.82) is 0 Å². The molecule has 0 fully saturated rings. The number of benzene rings is 1. The van der Waals surface area contributed by atoms with E-state index in [9.17, 15) is 4.79 Å². The number of aliphatic imine (C=N–C) groups is 1. The molecular formula is C17H23NO2. The average Bonchev–Trinajstić information content (AvgIpc) is 2.66. The van der Waals surface area contributed by atoms with Gasteiger partial charge in [0.25, 0.3) is 0 Å². The van der Waals surface area contributed by atoms with Gasteiger partial charge in [-0.3, -0.25) is 9.79 Å². The molecule has 1 aromatic rings. The van der Waals surface area contributed by atoms with Gasteiger partial charge in [0.05, 0.1) is 12.3 Å². The van der Waals surface area contributed by atoms with Crippen LogP contribution in [0.25, 0.3) is 0 Å². The number of para-hydroxylation sites is 1. The third kappa shape index (κ3) is 3.09. The van der Waals surface area contributed by atoms with E-state index in [1.54, 1.807) is 0 Å². The first-order valence-corrected chi connectivity index (χ1v) is 7.33. The first-order valence-electron chi connectivity index (χ1n) is 7.33. The number of fused-ring (bicyclic) bond motifs is 1. The predicted octanol–water partition coefficient (Wildman–Crippen LogP) is 4.17. The molecule has 1 aromatic carbocycles. The van der Waals surface area contributed by atoms with Crippen molar-refractivity contribution in [3.8, 4) is 0 Å². The molecule has 3 heteroatoms. The first-order chi connectivity index (χ1) is 9.54. The third-order valence-corrected chi connectivity index (χ3v) is 4.21. The van der Waals surface area contributed by atoms with Crippen molar-refractivity contribution in [2.45, 2.75) is 51.9 Å². The van der Waals surface area contributed by atoms with Crippen molar-refractivity contribution in [2.75, 3.05) is 6.61 Å². The van der Waals surface area contributed by atoms with Crippen LogP contribution >= 0.6 is 0 Å². The van der Waals surface area contributed by atoms with Crippen molar-refractivity contribution >= 4 is 17.4 Å². The Morgan fingerprint density at radius 1 is 1.25 bits per heavy atom. The maximum Gasteiger partial charge on any atom is 0.302 e. The van der Waals surface area contributed by atoms with Crippen molar-refractivity contribution in [1.82, 2.24) is 0 Å². The average molecular weight is 273 g/mol. The smallest absolute Gasteiger partial charge is 0.302 e. The summed E-state index contributed by atoms with van der Waals surface area (Å²) >= 11 is 0. The van der Waals surface area contributed by atoms with E-state index in [4.69, 9.17) is 9.73 Å². The van der Waals surface area contributed by atoms with Gasteiger partial charge in [-0.05, 0) is 31.4 Å². The Labute approximate surface area is 121 Å². The molecule has 1 unspecified atom stereocenters. The second-order valence-electron chi connectivity index (χ2n) is 5.70. The normalized spacial score (nSPS) is 20.4. The lowest BCUT2D eigenvalue weighted by Gasteiger charge is -2.26. The van der Waals surface area contributed by atoms with Crippen LogP contribution in [-0.4, -0.2) is 18.3 Å². The lowest BCUT2D eigenvalue weighted by atomic mass is 9.76. The molecule has 1 aliphatic rings. The van der Waals surface area contributed by atoms with Crippen molar-refractivity contribution < 1.29 is 9.53 Å². The summed E-state index contributed by atoms with van der Waals surface area (Å²) in [5.74, 6) is -0.190. The molecule has 0 radical (unpaired) electrons. The molecule has 0 saturated heterocycles. The van der Waals surface area contributed by atoms with Gasteiger partial charge in [-0.2, -0.15) is 0 Å². The zero-order chi connectivity index (χ0) is 14.6. The number of ether oxygens (including phenoxy) is 1. The molecule has 0 amide bonds. The van der Waals surface area contributed by atoms with Crippen LogP contribution in [0.4, 0.5) is 5.69 Å². The minimum absolute atomic E-state index is 0.0675. The van der Waals surface area contributed by atoms with Gasteiger partial charge in [-0.15, -0.1) is 0 Å². The Kier molecular flexibility index (Phi) is 4.58. The Hall–Kier alpha value is -1.64. The molecule has 0 aromatic heterocycles. The van der Waals surface area contributed by atoms with Crippen LogP contribution in [0.2, 0.25) is 0 Å². The van der Waals surface area contributed by atoms with Crippen LogP contribution in [0.5, 0.6) is 0 Å². The SMILES string of the molecule is CC(=O)OCCCCCC1(C)C(C)=Nc2ccccc21. The van der Waals surface area contributed by atoms with Gasteiger partial charge >= 0.3 is 5.97 Å². The molecule has 0 saturated carbocycles. The minimum atomic E-state index is -0.190. The summed E-state index contributed by atoms with van der Waals surface area (Å²) < 4.78 is 4.95. The van der Waals surface area contributed by atoms with E-state index in [2.05, 4.69) is 32.0 Å². The molecule has 0 spiro atoms. The van der Waals surface area contributed by atoms with Gasteiger partial charge in [0.1, 0.15) is 0 Å². The van der Waals surface area contributed by atoms with Gasteiger partial charge in [0.15, 0.2) is 0 Å². The molecule has 2 rings (SSSR count). The zero-order valence-corrected chi connectivity index (χ0v) is 12.6. The molecule has 1 heterocycles. The maximum atomic E-state index is 10.7. The molecule has 1 aliphatic heterocycles. The van der Waals surface area contributed by atoms with E-state index in [0.29, 0.717) is 6.61 Å². The van der Waals surface area contributed by atoms with Crippen LogP contribution in [-0.2, 0) is 14.9 Å². The van der Waals surface area contributed by atoms with Gasteiger partial charge in [0, 0.05) is 18.1 Å². The molecule has 0 aliphatic carbocycles. The maximum absolute atomic E-state index is 10.7. The lowest BCUT2D eigenvalue weighted by Crippen LogP contribution is -2.27. The number of rotatable bonds is 6. The minimum Gasteiger partial charge on any atom is -0.466 e. The largest absolute Gasteiger partial charge is 0.466 e. The highest BCUT2D eigenvalue weighted by atomic mass is 16.5. The Morgan fingerprint density at radius 3 is 2.75 bits per heavy atom. The second-order valence-corrected chi connectivity index (χ2v) is 5.70. The van der Waals surface area contributed by atoms with Crippen molar-refractivity contribution in [3.05, 3.63) is 29.8 Å². The number of hydrogen-bond acceptors (Lipinski definition) is 3. The van der Waals surface area contributed by atoms with Crippen LogP contribution in [0, 0.1) is 0 Å². The molecule has 0 bridgehead atoms. The summed E-state index contributed by atoms with van der Waals surface area (Å²) in [5.41, 5.74) is 3.74. The van der Waals surface area contributed by atoms with Gasteiger partial charge in [-0.1, -0.05) is 38.0 Å². The summed E-state index contributed by atoms with van der Waals surface area (Å²) in [6.07, 6.45) is 4.24. The highest BCUT2D eigenvalue weighted by molar-refractivity contribution is 5.99. The molecule has 1 atom stereocenters. The number of carbonyl (C=O) groups excluding carboxylic acids is 1. The summed E-state index contributed by atoms with van der Waals surface area (Å²) in [6, 6.07) is 8.41. The van der Waals surface area contributed by atoms with E-state index >= 15 is 0 Å². The molecule has 20 heavy (non-hydrogen) atoms. The topological polar surface area (TPSA) is 38.7 Å². The molecular weight excluding hydrogens is 250 g/mol. The summed E-state index contributed by atoms with van der Waals surface area (Å²) in [4.78, 5) is 15.4. The summed E-state index contributed by atoms with van der Waals surface area (Å²) in [5, 5.41) is 0. The highest BCUT2D eigenvalue weighted by Gasteiger charge is 2.35. The second kappa shape index (κ2) is 6.21. The fourth-order valence-corrected chi connectivity index (χ4v) is 2.83. The Morgan fingerprint density at radius 2 is 2.00 bits per heavy atom. The van der Waals surface area contributed by atoms with E-state index in [0.717, 1.165) is 31.4 Å².